The summed E-state index contributed by atoms with van der Waals surface area (Å²) in [6.45, 7) is 10.7. The predicted molar refractivity (Wildman–Crippen MR) is 157 cm³/mol. The van der Waals surface area contributed by atoms with Gasteiger partial charge in [-0.1, -0.05) is 45.9 Å². The number of hydrogen-bond acceptors (Lipinski definition) is 5. The van der Waals surface area contributed by atoms with Gasteiger partial charge in [-0.15, -0.1) is 0 Å². The van der Waals surface area contributed by atoms with Crippen LogP contribution in [-0.4, -0.2) is 39.6 Å². The molecular formula is C31H42FN3O5S. The summed E-state index contributed by atoms with van der Waals surface area (Å²) in [6, 6.07) is 10.5. The molecule has 1 unspecified atom stereocenters. The highest BCUT2D eigenvalue weighted by Crippen LogP contribution is 2.41. The molecule has 0 radical (unpaired) electrons. The van der Waals surface area contributed by atoms with E-state index in [0.717, 1.165) is 17.5 Å². The number of amides is 2. The van der Waals surface area contributed by atoms with Gasteiger partial charge < -0.3 is 10.1 Å². The topological polar surface area (TPSA) is 105 Å². The van der Waals surface area contributed by atoms with Crippen LogP contribution >= 0.6 is 0 Å². The molecule has 10 heteroatoms. The van der Waals surface area contributed by atoms with Crippen molar-refractivity contribution in [3.63, 3.8) is 0 Å². The number of nitrogens with zero attached hydrogens (tertiary/aromatic N) is 1. The van der Waals surface area contributed by atoms with E-state index in [9.17, 15) is 22.4 Å². The molecule has 1 aliphatic carbocycles. The smallest absolute Gasteiger partial charge is 0.414 e. The van der Waals surface area contributed by atoms with Crippen molar-refractivity contribution in [3.05, 3.63) is 59.4 Å². The number of carbonyl (C=O) groups excluding carboxylic acids is 2. The van der Waals surface area contributed by atoms with E-state index in [2.05, 4.69) is 23.9 Å². The van der Waals surface area contributed by atoms with Crippen LogP contribution < -0.4 is 14.9 Å². The fraction of sp³-hybridized carbons (Fsp3) is 0.548. The number of sulfonamides is 1. The van der Waals surface area contributed by atoms with E-state index in [0.29, 0.717) is 44.5 Å². The highest BCUT2D eigenvalue weighted by molar-refractivity contribution is 7.89. The van der Waals surface area contributed by atoms with Crippen molar-refractivity contribution in [1.29, 1.82) is 0 Å². The number of rotatable bonds is 8. The highest BCUT2D eigenvalue weighted by Gasteiger charge is 2.36. The Kier molecular flexibility index (Phi) is 9.43. The Bertz CT molecular complexity index is 1350. The van der Waals surface area contributed by atoms with Crippen molar-refractivity contribution in [2.75, 3.05) is 18.1 Å². The first-order valence-electron chi connectivity index (χ1n) is 14.4. The maximum Gasteiger partial charge on any atom is 0.414 e. The first-order chi connectivity index (χ1) is 19.3. The molecule has 2 aromatic rings. The van der Waals surface area contributed by atoms with E-state index in [-0.39, 0.29) is 46.0 Å². The Hall–Kier alpha value is -2.98. The average Bonchev–Trinajstić information content (AvgIpc) is 2.92. The minimum atomic E-state index is -3.86. The van der Waals surface area contributed by atoms with Gasteiger partial charge in [0.05, 0.1) is 23.2 Å². The van der Waals surface area contributed by atoms with Gasteiger partial charge in [0.25, 0.3) is 0 Å². The van der Waals surface area contributed by atoms with Gasteiger partial charge in [-0.25, -0.2) is 22.3 Å². The zero-order chi connectivity index (χ0) is 29.9. The Morgan fingerprint density at radius 3 is 2.34 bits per heavy atom. The summed E-state index contributed by atoms with van der Waals surface area (Å²) in [5.74, 6) is -0.427. The van der Waals surface area contributed by atoms with Crippen molar-refractivity contribution >= 4 is 27.7 Å². The van der Waals surface area contributed by atoms with Crippen molar-refractivity contribution in [2.24, 2.45) is 11.8 Å². The number of anilines is 1. The van der Waals surface area contributed by atoms with Crippen LogP contribution in [0.15, 0.2) is 47.4 Å². The third-order valence-electron chi connectivity index (χ3n) is 8.17. The molecule has 224 valence electrons. The van der Waals surface area contributed by atoms with Crippen LogP contribution in [0.5, 0.6) is 0 Å². The molecule has 1 heterocycles. The molecule has 2 aromatic carbocycles. The Labute approximate surface area is 243 Å². The SMILES string of the molecule is CC(C)COC(=O)N1CCC(C)(C)c2ccc(S(=O)(=O)NC3CCC(C(=O)NC(C)c4ccc(F)cc4)CC3)cc21. The van der Waals surface area contributed by atoms with Gasteiger partial charge in [0, 0.05) is 18.5 Å². The molecule has 8 nitrogen and oxygen atoms in total. The Balaban J connectivity index is 1.40. The number of carbonyl (C=O) groups is 2. The zero-order valence-corrected chi connectivity index (χ0v) is 25.4. The number of fused-ring (bicyclic) bond motifs is 1. The molecule has 1 atom stereocenters. The summed E-state index contributed by atoms with van der Waals surface area (Å²) in [5.41, 5.74) is 2.08. The van der Waals surface area contributed by atoms with E-state index in [4.69, 9.17) is 4.74 Å². The standard InChI is InChI=1S/C31H42FN3O5S/c1-20(2)19-40-30(37)35-17-16-31(4,5)27-15-14-26(18-28(27)35)41(38,39)34-25-12-8-23(9-13-25)29(36)33-21(3)22-6-10-24(32)11-7-22/h6-7,10-11,14-15,18,20-21,23,25,34H,8-9,12-13,16-17,19H2,1-5H3,(H,33,36). The lowest BCUT2D eigenvalue weighted by molar-refractivity contribution is -0.126. The van der Waals surface area contributed by atoms with E-state index in [1.807, 2.05) is 20.8 Å². The second-order valence-electron chi connectivity index (χ2n) is 12.4. The number of benzene rings is 2. The van der Waals surface area contributed by atoms with Crippen LogP contribution in [0.2, 0.25) is 0 Å². The van der Waals surface area contributed by atoms with E-state index >= 15 is 0 Å². The first kappa shape index (κ1) is 31.0. The monoisotopic (exact) mass is 587 g/mol. The van der Waals surface area contributed by atoms with Crippen LogP contribution in [0.1, 0.15) is 83.9 Å². The van der Waals surface area contributed by atoms with Crippen molar-refractivity contribution < 1.29 is 27.1 Å². The zero-order valence-electron chi connectivity index (χ0n) is 24.6. The summed E-state index contributed by atoms with van der Waals surface area (Å²) >= 11 is 0. The Morgan fingerprint density at radius 1 is 1.05 bits per heavy atom. The summed E-state index contributed by atoms with van der Waals surface area (Å²) in [5, 5.41) is 3.00. The van der Waals surface area contributed by atoms with Crippen LogP contribution in [0.3, 0.4) is 0 Å². The summed E-state index contributed by atoms with van der Waals surface area (Å²) in [4.78, 5) is 27.4. The van der Waals surface area contributed by atoms with Gasteiger partial charge in [0.15, 0.2) is 0 Å². The van der Waals surface area contributed by atoms with Crippen LogP contribution in [0.25, 0.3) is 0 Å². The highest BCUT2D eigenvalue weighted by atomic mass is 32.2. The number of ether oxygens (including phenoxy) is 1. The van der Waals surface area contributed by atoms with E-state index in [1.54, 1.807) is 35.2 Å². The third-order valence-corrected chi connectivity index (χ3v) is 9.69. The normalized spacial score (nSPS) is 21.2. The van der Waals surface area contributed by atoms with E-state index in [1.165, 1.54) is 12.1 Å². The lowest BCUT2D eigenvalue weighted by Crippen LogP contribution is -2.42. The van der Waals surface area contributed by atoms with Gasteiger partial charge in [-0.05, 0) is 85.8 Å². The first-order valence-corrected chi connectivity index (χ1v) is 15.9. The van der Waals surface area contributed by atoms with Crippen molar-refractivity contribution in [1.82, 2.24) is 10.0 Å². The molecule has 2 amide bonds. The van der Waals surface area contributed by atoms with E-state index < -0.39 is 16.1 Å². The molecule has 0 bridgehead atoms. The second-order valence-corrected chi connectivity index (χ2v) is 14.1. The van der Waals surface area contributed by atoms with Gasteiger partial charge in [0.1, 0.15) is 5.82 Å². The van der Waals surface area contributed by atoms with Gasteiger partial charge in [0.2, 0.25) is 15.9 Å². The largest absolute Gasteiger partial charge is 0.449 e. The van der Waals surface area contributed by atoms with Crippen LogP contribution in [0, 0.1) is 17.7 Å². The molecule has 0 saturated heterocycles. The number of nitrogens with one attached hydrogen (secondary N) is 2. The van der Waals surface area contributed by atoms with Crippen LogP contribution in [0.4, 0.5) is 14.9 Å². The molecule has 1 aliphatic heterocycles. The second kappa shape index (κ2) is 12.5. The molecule has 0 aromatic heterocycles. The lowest BCUT2D eigenvalue weighted by atomic mass is 9.78. The van der Waals surface area contributed by atoms with Gasteiger partial charge >= 0.3 is 6.09 Å². The fourth-order valence-corrected chi connectivity index (χ4v) is 6.88. The molecule has 2 aliphatic rings. The number of halogens is 1. The summed E-state index contributed by atoms with van der Waals surface area (Å²) in [6.07, 6.45) is 2.46. The third kappa shape index (κ3) is 7.46. The average molecular weight is 588 g/mol. The molecule has 0 spiro atoms. The molecule has 2 N–H and O–H groups in total. The minimum absolute atomic E-state index is 0.0788. The summed E-state index contributed by atoms with van der Waals surface area (Å²) < 4.78 is 48.4. The van der Waals surface area contributed by atoms with Crippen LogP contribution in [-0.2, 0) is 25.0 Å². The van der Waals surface area contributed by atoms with Crippen molar-refractivity contribution in [3.8, 4) is 0 Å². The minimum Gasteiger partial charge on any atom is -0.449 e. The molecule has 41 heavy (non-hydrogen) atoms. The number of hydrogen-bond donors (Lipinski definition) is 2. The van der Waals surface area contributed by atoms with Gasteiger partial charge in [-0.3, -0.25) is 9.69 Å². The molecule has 1 fully saturated rings. The molecule has 1 saturated carbocycles. The quantitative estimate of drug-likeness (QED) is 0.405. The molecular weight excluding hydrogens is 545 g/mol. The van der Waals surface area contributed by atoms with Crippen molar-refractivity contribution in [2.45, 2.75) is 89.1 Å². The Morgan fingerprint density at radius 2 is 1.71 bits per heavy atom. The molecule has 4 rings (SSSR count). The lowest BCUT2D eigenvalue weighted by Gasteiger charge is -2.38. The maximum atomic E-state index is 13.4. The predicted octanol–water partition coefficient (Wildman–Crippen LogP) is 5.82. The maximum absolute atomic E-state index is 13.4. The summed E-state index contributed by atoms with van der Waals surface area (Å²) in [7, 11) is -3.86. The fourth-order valence-electron chi connectivity index (χ4n) is 5.55. The van der Waals surface area contributed by atoms with Gasteiger partial charge in [-0.2, -0.15) is 0 Å².